The Morgan fingerprint density at radius 2 is 2.00 bits per heavy atom. The Bertz CT molecular complexity index is 489. The minimum absolute atomic E-state index is 0.0492. The van der Waals surface area contributed by atoms with Crippen LogP contribution in [-0.2, 0) is 9.05 Å². The number of rotatable bonds is 2. The summed E-state index contributed by atoms with van der Waals surface area (Å²) in [4.78, 5) is 1.86. The first-order valence-electron chi connectivity index (χ1n) is 3.63. The lowest BCUT2D eigenvalue weighted by atomic mass is 10.2. The quantitative estimate of drug-likeness (QED) is 0.605. The molecule has 0 spiro atoms. The van der Waals surface area contributed by atoms with Crippen molar-refractivity contribution in [2.24, 2.45) is 0 Å². The second kappa shape index (κ2) is 3.97. The molecule has 0 N–H and O–H groups in total. The van der Waals surface area contributed by atoms with Gasteiger partial charge in [-0.2, -0.15) is 4.39 Å². The lowest BCUT2D eigenvalue weighted by molar-refractivity contribution is 0.146. The molecule has 0 saturated carbocycles. The summed E-state index contributed by atoms with van der Waals surface area (Å²) in [5.41, 5.74) is -1.03. The van der Waals surface area contributed by atoms with Crippen LogP contribution < -0.4 is 0 Å². The van der Waals surface area contributed by atoms with Crippen LogP contribution in [0.3, 0.4) is 0 Å². The Hall–Kier alpha value is -0.820. The molecule has 0 bridgehead atoms. The first kappa shape index (κ1) is 12.3. The van der Waals surface area contributed by atoms with Crippen molar-refractivity contribution in [1.29, 1.82) is 0 Å². The molecular weight excluding hydrogens is 255 g/mol. The number of aromatic nitrogens is 1. The Balaban J connectivity index is 3.62. The molecule has 1 aromatic heterocycles. The molecule has 1 aromatic rings. The third-order valence-electron chi connectivity index (χ3n) is 1.57. The molecular formula is C7H5ClF3NO2S. The summed E-state index contributed by atoms with van der Waals surface area (Å²) in [5.74, 6) is -1.51. The van der Waals surface area contributed by atoms with E-state index in [2.05, 4.69) is 4.98 Å². The molecule has 84 valence electrons. The highest BCUT2D eigenvalue weighted by Gasteiger charge is 2.27. The van der Waals surface area contributed by atoms with Gasteiger partial charge in [-0.15, -0.1) is 0 Å². The molecule has 1 rings (SSSR count). The van der Waals surface area contributed by atoms with Crippen molar-refractivity contribution in [3.05, 3.63) is 23.3 Å². The molecule has 0 amide bonds. The predicted molar refractivity (Wildman–Crippen MR) is 46.9 cm³/mol. The van der Waals surface area contributed by atoms with Gasteiger partial charge in [0.05, 0.1) is 0 Å². The Morgan fingerprint density at radius 1 is 1.47 bits per heavy atom. The Labute approximate surface area is 88.3 Å². The summed E-state index contributed by atoms with van der Waals surface area (Å²) in [6.07, 6.45) is -3.13. The summed E-state index contributed by atoms with van der Waals surface area (Å²) in [5, 5.41) is 0. The van der Waals surface area contributed by atoms with Crippen molar-refractivity contribution in [2.45, 2.75) is 18.2 Å². The average molecular weight is 260 g/mol. The average Bonchev–Trinajstić information content (AvgIpc) is 1.99. The number of hydrogen-bond donors (Lipinski definition) is 0. The van der Waals surface area contributed by atoms with Crippen molar-refractivity contribution < 1.29 is 21.6 Å². The van der Waals surface area contributed by atoms with Crippen LogP contribution in [0, 0.1) is 12.9 Å². The van der Waals surface area contributed by atoms with E-state index in [0.717, 1.165) is 6.07 Å². The van der Waals surface area contributed by atoms with Gasteiger partial charge in [0, 0.05) is 21.9 Å². The molecule has 8 heteroatoms. The molecule has 0 aliphatic rings. The van der Waals surface area contributed by atoms with Gasteiger partial charge >= 0.3 is 0 Å². The molecule has 1 heterocycles. The van der Waals surface area contributed by atoms with E-state index >= 15 is 0 Å². The lowest BCUT2D eigenvalue weighted by Gasteiger charge is -2.07. The maximum Gasteiger partial charge on any atom is 0.266 e. The number of pyridine rings is 1. The van der Waals surface area contributed by atoms with Gasteiger partial charge < -0.3 is 0 Å². The van der Waals surface area contributed by atoms with E-state index < -0.39 is 31.9 Å². The van der Waals surface area contributed by atoms with Crippen molar-refractivity contribution in [2.75, 3.05) is 0 Å². The van der Waals surface area contributed by atoms with Gasteiger partial charge in [-0.05, 0) is 13.0 Å². The summed E-state index contributed by atoms with van der Waals surface area (Å²) < 4.78 is 59.5. The van der Waals surface area contributed by atoms with E-state index in [1.165, 1.54) is 6.92 Å². The first-order chi connectivity index (χ1) is 6.73. The van der Waals surface area contributed by atoms with E-state index in [-0.39, 0.29) is 5.69 Å². The molecule has 0 radical (unpaired) electrons. The number of hydrogen-bond acceptors (Lipinski definition) is 3. The number of aryl methyl sites for hydroxylation is 1. The Morgan fingerprint density at radius 3 is 2.40 bits per heavy atom. The maximum atomic E-state index is 13.1. The second-order valence-electron chi connectivity index (χ2n) is 2.71. The fourth-order valence-electron chi connectivity index (χ4n) is 1.05. The SMILES string of the molecule is Cc1cc(C(F)F)c(S(=O)(=O)Cl)c(F)n1. The zero-order valence-corrected chi connectivity index (χ0v) is 8.91. The molecule has 0 fully saturated rings. The minimum atomic E-state index is -4.57. The first-order valence-corrected chi connectivity index (χ1v) is 5.94. The number of alkyl halides is 2. The van der Waals surface area contributed by atoms with Gasteiger partial charge in [0.1, 0.15) is 4.90 Å². The smallest absolute Gasteiger partial charge is 0.224 e. The van der Waals surface area contributed by atoms with Gasteiger partial charge in [-0.25, -0.2) is 22.2 Å². The van der Waals surface area contributed by atoms with Crippen LogP contribution in [-0.4, -0.2) is 13.4 Å². The monoisotopic (exact) mass is 259 g/mol. The molecule has 0 saturated heterocycles. The molecule has 0 unspecified atom stereocenters. The van der Waals surface area contributed by atoms with Crippen LogP contribution in [0.4, 0.5) is 13.2 Å². The predicted octanol–water partition coefficient (Wildman–Crippen LogP) is 2.39. The maximum absolute atomic E-state index is 13.1. The highest BCUT2D eigenvalue weighted by molar-refractivity contribution is 8.13. The third-order valence-corrected chi connectivity index (χ3v) is 2.92. The van der Waals surface area contributed by atoms with Crippen LogP contribution in [0.25, 0.3) is 0 Å². The lowest BCUT2D eigenvalue weighted by Crippen LogP contribution is -2.06. The standard InChI is InChI=1S/C7H5ClF3NO2S/c1-3-2-4(6(9)10)5(7(11)12-3)15(8,13)14/h2,6H,1H3. The fraction of sp³-hybridized carbons (Fsp3) is 0.286. The summed E-state index contributed by atoms with van der Waals surface area (Å²) in [7, 11) is 0.253. The van der Waals surface area contributed by atoms with Gasteiger partial charge in [-0.1, -0.05) is 0 Å². The molecule has 0 aromatic carbocycles. The van der Waals surface area contributed by atoms with E-state index in [4.69, 9.17) is 10.7 Å². The van der Waals surface area contributed by atoms with Gasteiger partial charge in [0.25, 0.3) is 15.5 Å². The van der Waals surface area contributed by atoms with Crippen molar-refractivity contribution in [3.8, 4) is 0 Å². The molecule has 0 aliphatic carbocycles. The molecule has 0 atom stereocenters. The fourth-order valence-corrected chi connectivity index (χ4v) is 2.19. The van der Waals surface area contributed by atoms with Crippen LogP contribution in [0.15, 0.2) is 11.0 Å². The summed E-state index contributed by atoms with van der Waals surface area (Å²) >= 11 is 0. The van der Waals surface area contributed by atoms with Crippen LogP contribution in [0.1, 0.15) is 17.7 Å². The number of nitrogens with zero attached hydrogens (tertiary/aromatic N) is 1. The molecule has 15 heavy (non-hydrogen) atoms. The van der Waals surface area contributed by atoms with Crippen molar-refractivity contribution in [1.82, 2.24) is 4.98 Å². The largest absolute Gasteiger partial charge is 0.266 e. The van der Waals surface area contributed by atoms with Gasteiger partial charge in [0.2, 0.25) is 5.95 Å². The van der Waals surface area contributed by atoms with Gasteiger partial charge in [-0.3, -0.25) is 0 Å². The van der Waals surface area contributed by atoms with Crippen LogP contribution in [0.2, 0.25) is 0 Å². The van der Waals surface area contributed by atoms with Crippen LogP contribution in [0.5, 0.6) is 0 Å². The molecule has 0 aliphatic heterocycles. The van der Waals surface area contributed by atoms with E-state index in [1.54, 1.807) is 0 Å². The van der Waals surface area contributed by atoms with E-state index in [0.29, 0.717) is 0 Å². The van der Waals surface area contributed by atoms with E-state index in [9.17, 15) is 21.6 Å². The highest BCUT2D eigenvalue weighted by atomic mass is 35.7. The second-order valence-corrected chi connectivity index (χ2v) is 5.21. The summed E-state index contributed by atoms with van der Waals surface area (Å²) in [6, 6.07) is 0.781. The Kier molecular flexibility index (Phi) is 3.25. The normalized spacial score (nSPS) is 12.1. The zero-order valence-electron chi connectivity index (χ0n) is 7.34. The third kappa shape index (κ3) is 2.60. The highest BCUT2D eigenvalue weighted by Crippen LogP contribution is 2.30. The summed E-state index contributed by atoms with van der Waals surface area (Å²) in [6.45, 7) is 1.26. The topological polar surface area (TPSA) is 47.0 Å². The molecule has 3 nitrogen and oxygen atoms in total. The number of halogens is 4. The van der Waals surface area contributed by atoms with Crippen molar-refractivity contribution >= 4 is 19.7 Å². The van der Waals surface area contributed by atoms with Crippen molar-refractivity contribution in [3.63, 3.8) is 0 Å². The van der Waals surface area contributed by atoms with Gasteiger partial charge in [0.15, 0.2) is 0 Å². The van der Waals surface area contributed by atoms with E-state index in [1.807, 2.05) is 0 Å². The zero-order chi connectivity index (χ0) is 11.8. The van der Waals surface area contributed by atoms with Crippen LogP contribution >= 0.6 is 10.7 Å². The minimum Gasteiger partial charge on any atom is -0.224 e.